The minimum atomic E-state index is -0.275. The van der Waals surface area contributed by atoms with Gasteiger partial charge >= 0.3 is 0 Å². The molecule has 1 aliphatic carbocycles. The van der Waals surface area contributed by atoms with E-state index in [1.165, 1.54) is 0 Å². The highest BCUT2D eigenvalue weighted by molar-refractivity contribution is 5.34. The van der Waals surface area contributed by atoms with Crippen molar-refractivity contribution in [2.75, 3.05) is 6.54 Å². The molecular formula is C7H10N2O. The highest BCUT2D eigenvalue weighted by atomic mass is 16.3. The summed E-state index contributed by atoms with van der Waals surface area (Å²) in [5.41, 5.74) is 8.06. The summed E-state index contributed by atoms with van der Waals surface area (Å²) in [5.74, 6) is 0. The van der Waals surface area contributed by atoms with E-state index in [-0.39, 0.29) is 6.10 Å². The lowest BCUT2D eigenvalue weighted by molar-refractivity contribution is 0.211. The van der Waals surface area contributed by atoms with Crippen LogP contribution in [0.25, 0.3) is 0 Å². The highest BCUT2D eigenvalue weighted by Gasteiger charge is 2.20. The molecule has 3 heteroatoms. The van der Waals surface area contributed by atoms with Crippen LogP contribution in [0.15, 0.2) is 23.4 Å². The molecule has 1 atom stereocenters. The second-order valence-corrected chi connectivity index (χ2v) is 2.57. The summed E-state index contributed by atoms with van der Waals surface area (Å²) in [7, 11) is 0. The van der Waals surface area contributed by atoms with Crippen LogP contribution < -0.4 is 10.9 Å². The van der Waals surface area contributed by atoms with Gasteiger partial charge in [-0.1, -0.05) is 6.08 Å². The number of rotatable bonds is 0. The van der Waals surface area contributed by atoms with Crippen molar-refractivity contribution in [3.63, 3.8) is 0 Å². The Hall–Kier alpha value is -0.800. The number of nitrogens with one attached hydrogen (secondary N) is 2. The molecule has 0 aromatic carbocycles. The average Bonchev–Trinajstić information content (AvgIpc) is 2.36. The lowest BCUT2D eigenvalue weighted by Crippen LogP contribution is -2.23. The number of hydrazine groups is 1. The van der Waals surface area contributed by atoms with E-state index in [0.717, 1.165) is 24.2 Å². The van der Waals surface area contributed by atoms with E-state index < -0.39 is 0 Å². The van der Waals surface area contributed by atoms with Gasteiger partial charge in [-0.3, -0.25) is 0 Å². The van der Waals surface area contributed by atoms with Gasteiger partial charge in [-0.25, -0.2) is 5.43 Å². The van der Waals surface area contributed by atoms with E-state index in [9.17, 15) is 5.11 Å². The van der Waals surface area contributed by atoms with Crippen molar-refractivity contribution >= 4 is 0 Å². The van der Waals surface area contributed by atoms with Gasteiger partial charge in [0.25, 0.3) is 0 Å². The standard InChI is InChI=1S/C7H10N2O/c10-7-3-1-2-6-5(7)4-8-9-6/h1-2,7-10H,3-4H2. The van der Waals surface area contributed by atoms with E-state index in [1.54, 1.807) is 0 Å². The lowest BCUT2D eigenvalue weighted by atomic mass is 10.0. The Morgan fingerprint density at radius 1 is 1.60 bits per heavy atom. The van der Waals surface area contributed by atoms with Gasteiger partial charge in [0, 0.05) is 6.54 Å². The van der Waals surface area contributed by atoms with Crippen LogP contribution in [0.1, 0.15) is 6.42 Å². The molecule has 0 radical (unpaired) electrons. The van der Waals surface area contributed by atoms with Crippen molar-refractivity contribution in [1.29, 1.82) is 0 Å². The Kier molecular flexibility index (Phi) is 1.25. The van der Waals surface area contributed by atoms with Crippen LogP contribution in [0.5, 0.6) is 0 Å². The maximum Gasteiger partial charge on any atom is 0.0821 e. The predicted octanol–water partition coefficient (Wildman–Crippen LogP) is -0.331. The summed E-state index contributed by atoms with van der Waals surface area (Å²) in [5, 5.41) is 9.39. The fourth-order valence-electron chi connectivity index (χ4n) is 1.31. The van der Waals surface area contributed by atoms with Crippen LogP contribution in [0.4, 0.5) is 0 Å². The molecule has 0 saturated carbocycles. The quantitative estimate of drug-likeness (QED) is 0.429. The molecule has 10 heavy (non-hydrogen) atoms. The fraction of sp³-hybridized carbons (Fsp3) is 0.429. The molecule has 0 aromatic heterocycles. The molecule has 0 saturated heterocycles. The van der Waals surface area contributed by atoms with Gasteiger partial charge in [0.05, 0.1) is 11.8 Å². The zero-order valence-electron chi connectivity index (χ0n) is 5.59. The van der Waals surface area contributed by atoms with Crippen LogP contribution in [0.3, 0.4) is 0 Å². The average molecular weight is 138 g/mol. The number of aliphatic hydroxyl groups is 1. The van der Waals surface area contributed by atoms with Gasteiger partial charge in [-0.15, -0.1) is 0 Å². The van der Waals surface area contributed by atoms with Crippen LogP contribution in [-0.2, 0) is 0 Å². The zero-order valence-corrected chi connectivity index (χ0v) is 5.59. The van der Waals surface area contributed by atoms with Gasteiger partial charge in [-0.05, 0) is 18.1 Å². The molecule has 3 nitrogen and oxygen atoms in total. The summed E-state index contributed by atoms with van der Waals surface area (Å²) in [6.07, 6.45) is 4.45. The molecule has 2 aliphatic rings. The molecule has 1 heterocycles. The first-order chi connectivity index (χ1) is 4.88. The minimum Gasteiger partial charge on any atom is -0.388 e. The predicted molar refractivity (Wildman–Crippen MR) is 37.9 cm³/mol. The van der Waals surface area contributed by atoms with E-state index in [0.29, 0.717) is 0 Å². The first kappa shape index (κ1) is 5.95. The van der Waals surface area contributed by atoms with Crippen LogP contribution in [0.2, 0.25) is 0 Å². The van der Waals surface area contributed by atoms with Crippen molar-refractivity contribution in [2.45, 2.75) is 12.5 Å². The molecule has 0 aromatic rings. The molecule has 54 valence electrons. The smallest absolute Gasteiger partial charge is 0.0821 e. The Bertz CT molecular complexity index is 208. The van der Waals surface area contributed by atoms with Gasteiger partial charge in [-0.2, -0.15) is 0 Å². The SMILES string of the molecule is OC1CC=CC2=C1CNN2. The van der Waals surface area contributed by atoms with Crippen LogP contribution in [0, 0.1) is 0 Å². The summed E-state index contributed by atoms with van der Waals surface area (Å²) in [6.45, 7) is 0.765. The normalized spacial score (nSPS) is 30.3. The summed E-state index contributed by atoms with van der Waals surface area (Å²) < 4.78 is 0. The maximum absolute atomic E-state index is 9.39. The molecule has 0 amide bonds. The number of allylic oxidation sites excluding steroid dienone is 1. The van der Waals surface area contributed by atoms with Crippen LogP contribution >= 0.6 is 0 Å². The highest BCUT2D eigenvalue weighted by Crippen LogP contribution is 2.19. The van der Waals surface area contributed by atoms with Crippen molar-refractivity contribution in [3.8, 4) is 0 Å². The Morgan fingerprint density at radius 2 is 2.50 bits per heavy atom. The van der Waals surface area contributed by atoms with Gasteiger partial charge in [0.1, 0.15) is 0 Å². The third-order valence-electron chi connectivity index (χ3n) is 1.89. The zero-order chi connectivity index (χ0) is 6.97. The molecule has 0 bridgehead atoms. The number of aliphatic hydroxyl groups excluding tert-OH is 1. The molecular weight excluding hydrogens is 128 g/mol. The number of hydrogen-bond donors (Lipinski definition) is 3. The van der Waals surface area contributed by atoms with Gasteiger partial charge in [0.15, 0.2) is 0 Å². The molecule has 1 unspecified atom stereocenters. The van der Waals surface area contributed by atoms with E-state index in [1.807, 2.05) is 12.2 Å². The van der Waals surface area contributed by atoms with Crippen molar-refractivity contribution in [3.05, 3.63) is 23.4 Å². The maximum atomic E-state index is 9.39. The third-order valence-corrected chi connectivity index (χ3v) is 1.89. The monoisotopic (exact) mass is 138 g/mol. The van der Waals surface area contributed by atoms with E-state index in [2.05, 4.69) is 10.9 Å². The summed E-state index contributed by atoms with van der Waals surface area (Å²) in [6, 6.07) is 0. The summed E-state index contributed by atoms with van der Waals surface area (Å²) in [4.78, 5) is 0. The molecule has 2 rings (SSSR count). The minimum absolute atomic E-state index is 0.275. The topological polar surface area (TPSA) is 44.3 Å². The Labute approximate surface area is 59.4 Å². The van der Waals surface area contributed by atoms with Crippen molar-refractivity contribution in [1.82, 2.24) is 10.9 Å². The van der Waals surface area contributed by atoms with Crippen molar-refractivity contribution < 1.29 is 5.11 Å². The fourth-order valence-corrected chi connectivity index (χ4v) is 1.31. The Morgan fingerprint density at radius 3 is 3.30 bits per heavy atom. The van der Waals surface area contributed by atoms with Crippen LogP contribution in [-0.4, -0.2) is 17.8 Å². The largest absolute Gasteiger partial charge is 0.388 e. The van der Waals surface area contributed by atoms with Crippen molar-refractivity contribution in [2.24, 2.45) is 0 Å². The van der Waals surface area contributed by atoms with Gasteiger partial charge < -0.3 is 10.5 Å². The summed E-state index contributed by atoms with van der Waals surface area (Å²) >= 11 is 0. The Balaban J connectivity index is 2.30. The first-order valence-corrected chi connectivity index (χ1v) is 3.44. The van der Waals surface area contributed by atoms with E-state index >= 15 is 0 Å². The molecule has 0 fully saturated rings. The second kappa shape index (κ2) is 2.11. The molecule has 3 N–H and O–H groups in total. The third kappa shape index (κ3) is 0.751. The lowest BCUT2D eigenvalue weighted by Gasteiger charge is -2.12. The van der Waals surface area contributed by atoms with Gasteiger partial charge in [0.2, 0.25) is 0 Å². The molecule has 0 spiro atoms. The molecule has 1 aliphatic heterocycles. The van der Waals surface area contributed by atoms with E-state index in [4.69, 9.17) is 0 Å². The second-order valence-electron chi connectivity index (χ2n) is 2.57. The number of hydrogen-bond acceptors (Lipinski definition) is 3. The first-order valence-electron chi connectivity index (χ1n) is 3.44.